The van der Waals surface area contributed by atoms with E-state index in [1.807, 2.05) is 4.68 Å². The summed E-state index contributed by atoms with van der Waals surface area (Å²) in [4.78, 5) is 2.55. The number of aryl methyl sites for hydroxylation is 1. The molecule has 24 heavy (non-hydrogen) atoms. The van der Waals surface area contributed by atoms with E-state index in [1.165, 1.54) is 18.4 Å². The maximum Gasteiger partial charge on any atom is 0.176 e. The first-order valence-corrected chi connectivity index (χ1v) is 9.22. The Kier molecular flexibility index (Phi) is 4.99. The van der Waals surface area contributed by atoms with Gasteiger partial charge in [0, 0.05) is 0 Å². The third kappa shape index (κ3) is 2.86. The van der Waals surface area contributed by atoms with Gasteiger partial charge >= 0.3 is 0 Å². The predicted octanol–water partition coefficient (Wildman–Crippen LogP) is 3.72. The van der Waals surface area contributed by atoms with Crippen LogP contribution in [0.3, 0.4) is 0 Å². The van der Waals surface area contributed by atoms with Crippen LogP contribution < -0.4 is 0 Å². The van der Waals surface area contributed by atoms with Gasteiger partial charge in [0.25, 0.3) is 0 Å². The van der Waals surface area contributed by atoms with Gasteiger partial charge in [-0.05, 0) is 73.7 Å². The lowest BCUT2D eigenvalue weighted by Gasteiger charge is -2.46. The van der Waals surface area contributed by atoms with Crippen LogP contribution in [0, 0.1) is 12.8 Å². The molecule has 3 rings (SSSR count). The summed E-state index contributed by atoms with van der Waals surface area (Å²) < 4.78 is 1.98. The van der Waals surface area contributed by atoms with Crippen molar-refractivity contribution >= 4 is 0 Å². The summed E-state index contributed by atoms with van der Waals surface area (Å²) in [7, 11) is 0. The Bertz CT molecular complexity index is 666. The molecule has 0 spiro atoms. The summed E-state index contributed by atoms with van der Waals surface area (Å²) in [6, 6.07) is 8.34. The molecule has 5 nitrogen and oxygen atoms in total. The normalized spacial score (nSPS) is 24.5. The zero-order valence-electron chi connectivity index (χ0n) is 15.4. The van der Waals surface area contributed by atoms with Crippen LogP contribution in [0.15, 0.2) is 24.3 Å². The minimum atomic E-state index is -0.0538. The molecule has 5 heteroatoms. The van der Waals surface area contributed by atoms with Gasteiger partial charge in [-0.3, -0.25) is 4.90 Å². The van der Waals surface area contributed by atoms with E-state index in [4.69, 9.17) is 0 Å². The topological polar surface area (TPSA) is 46.8 Å². The van der Waals surface area contributed by atoms with Crippen LogP contribution >= 0.6 is 0 Å². The molecule has 0 N–H and O–H groups in total. The van der Waals surface area contributed by atoms with Gasteiger partial charge in [0.1, 0.15) is 0 Å². The van der Waals surface area contributed by atoms with Crippen LogP contribution in [-0.4, -0.2) is 38.2 Å². The Balaban J connectivity index is 2.10. The van der Waals surface area contributed by atoms with Crippen LogP contribution in [0.5, 0.6) is 0 Å². The molecule has 0 atom stereocenters. The lowest BCUT2D eigenvalue weighted by atomic mass is 9.75. The number of hydrogen-bond acceptors (Lipinski definition) is 4. The van der Waals surface area contributed by atoms with Crippen LogP contribution in [0.4, 0.5) is 0 Å². The molecular formula is C19H29N5. The second-order valence-electron chi connectivity index (χ2n) is 7.09. The molecule has 0 saturated heterocycles. The highest BCUT2D eigenvalue weighted by molar-refractivity contribution is 5.40. The molecule has 0 aliphatic heterocycles. The maximum atomic E-state index is 4.53. The number of hydrogen-bond donors (Lipinski definition) is 0. The van der Waals surface area contributed by atoms with Gasteiger partial charge < -0.3 is 0 Å². The van der Waals surface area contributed by atoms with Crippen LogP contribution in [0.2, 0.25) is 0 Å². The van der Waals surface area contributed by atoms with Crippen molar-refractivity contribution in [3.05, 3.63) is 35.7 Å². The Morgan fingerprint density at radius 1 is 1.17 bits per heavy atom. The Morgan fingerprint density at radius 2 is 1.83 bits per heavy atom. The van der Waals surface area contributed by atoms with Crippen LogP contribution in [-0.2, 0) is 5.54 Å². The van der Waals surface area contributed by atoms with Gasteiger partial charge in [-0.1, -0.05) is 39.0 Å². The lowest BCUT2D eigenvalue weighted by molar-refractivity contribution is 0.0336. The fourth-order valence-electron chi connectivity index (χ4n) is 4.19. The smallest absolute Gasteiger partial charge is 0.176 e. The maximum absolute atomic E-state index is 4.53. The highest BCUT2D eigenvalue weighted by atomic mass is 15.6. The largest absolute Gasteiger partial charge is 0.291 e. The van der Waals surface area contributed by atoms with Crippen LogP contribution in [0.1, 0.15) is 57.8 Å². The molecule has 0 bridgehead atoms. The fourth-order valence-corrected chi connectivity index (χ4v) is 4.19. The summed E-state index contributed by atoms with van der Waals surface area (Å²) in [6.45, 7) is 11.0. The number of tetrazole rings is 1. The highest BCUT2D eigenvalue weighted by Gasteiger charge is 2.44. The number of nitrogens with zero attached hydrogens (tertiary/aromatic N) is 5. The molecule has 1 heterocycles. The van der Waals surface area contributed by atoms with Crippen molar-refractivity contribution in [3.8, 4) is 5.69 Å². The van der Waals surface area contributed by atoms with Gasteiger partial charge in [-0.2, -0.15) is 4.68 Å². The van der Waals surface area contributed by atoms with Crippen molar-refractivity contribution < 1.29 is 0 Å². The van der Waals surface area contributed by atoms with Crippen molar-refractivity contribution in [3.63, 3.8) is 0 Å². The van der Waals surface area contributed by atoms with E-state index in [2.05, 4.69) is 72.4 Å². The molecule has 1 aromatic carbocycles. The number of para-hydroxylation sites is 1. The van der Waals surface area contributed by atoms with Crippen molar-refractivity contribution in [2.45, 2.75) is 58.9 Å². The molecule has 130 valence electrons. The van der Waals surface area contributed by atoms with E-state index < -0.39 is 0 Å². The fraction of sp³-hybridized carbons (Fsp3) is 0.632. The van der Waals surface area contributed by atoms with Gasteiger partial charge in [0.15, 0.2) is 5.82 Å². The first kappa shape index (κ1) is 17.1. The first-order chi connectivity index (χ1) is 11.6. The van der Waals surface area contributed by atoms with Crippen molar-refractivity contribution in [2.24, 2.45) is 5.92 Å². The zero-order chi connectivity index (χ0) is 17.2. The molecule has 1 saturated carbocycles. The van der Waals surface area contributed by atoms with E-state index in [9.17, 15) is 0 Å². The Morgan fingerprint density at radius 3 is 2.46 bits per heavy atom. The second-order valence-corrected chi connectivity index (χ2v) is 7.09. The van der Waals surface area contributed by atoms with Crippen molar-refractivity contribution in [1.82, 2.24) is 25.1 Å². The highest BCUT2D eigenvalue weighted by Crippen LogP contribution is 2.43. The average Bonchev–Trinajstić information content (AvgIpc) is 3.08. The van der Waals surface area contributed by atoms with Crippen LogP contribution in [0.25, 0.3) is 5.69 Å². The standard InChI is InChI=1S/C19H29N5/c1-5-23(6-2)19(13-11-15(3)12-14-19)18-20-21-22-24(18)17-10-8-7-9-16(17)4/h7-10,15H,5-6,11-14H2,1-4H3. The first-order valence-electron chi connectivity index (χ1n) is 9.22. The minimum absolute atomic E-state index is 0.0538. The summed E-state index contributed by atoms with van der Waals surface area (Å²) in [5.74, 6) is 1.80. The molecule has 0 radical (unpaired) electrons. The predicted molar refractivity (Wildman–Crippen MR) is 96.1 cm³/mol. The number of aromatic nitrogens is 4. The summed E-state index contributed by atoms with van der Waals surface area (Å²) in [6.07, 6.45) is 4.72. The third-order valence-corrected chi connectivity index (χ3v) is 5.70. The summed E-state index contributed by atoms with van der Waals surface area (Å²) in [5.41, 5.74) is 2.23. The molecule has 0 unspecified atom stereocenters. The third-order valence-electron chi connectivity index (χ3n) is 5.70. The molecule has 2 aromatic rings. The molecule has 1 fully saturated rings. The molecule has 1 aliphatic carbocycles. The van der Waals surface area contributed by atoms with Gasteiger partial charge in [-0.25, -0.2) is 0 Å². The summed E-state index contributed by atoms with van der Waals surface area (Å²) >= 11 is 0. The Hall–Kier alpha value is -1.75. The molecular weight excluding hydrogens is 298 g/mol. The van der Waals surface area contributed by atoms with Crippen molar-refractivity contribution in [2.75, 3.05) is 13.1 Å². The Labute approximate surface area is 145 Å². The molecule has 1 aliphatic rings. The zero-order valence-corrected chi connectivity index (χ0v) is 15.4. The number of rotatable bonds is 5. The molecule has 0 amide bonds. The molecule has 1 aromatic heterocycles. The average molecular weight is 327 g/mol. The number of benzene rings is 1. The quantitative estimate of drug-likeness (QED) is 0.840. The van der Waals surface area contributed by atoms with E-state index >= 15 is 0 Å². The van der Waals surface area contributed by atoms with Crippen molar-refractivity contribution in [1.29, 1.82) is 0 Å². The SMILES string of the molecule is CCN(CC)C1(c2nnnn2-c2ccccc2C)CCC(C)CC1. The van der Waals surface area contributed by atoms with E-state index in [-0.39, 0.29) is 5.54 Å². The van der Waals surface area contributed by atoms with Gasteiger partial charge in [0.05, 0.1) is 11.2 Å². The van der Waals surface area contributed by atoms with Gasteiger partial charge in [0.2, 0.25) is 0 Å². The van der Waals surface area contributed by atoms with E-state index in [0.29, 0.717) is 0 Å². The minimum Gasteiger partial charge on any atom is -0.291 e. The second kappa shape index (κ2) is 7.01. The van der Waals surface area contributed by atoms with E-state index in [0.717, 1.165) is 43.4 Å². The monoisotopic (exact) mass is 327 g/mol. The summed E-state index contributed by atoms with van der Waals surface area (Å²) in [5, 5.41) is 13.0. The lowest BCUT2D eigenvalue weighted by Crippen LogP contribution is -2.50. The van der Waals surface area contributed by atoms with E-state index in [1.54, 1.807) is 0 Å². The van der Waals surface area contributed by atoms with Gasteiger partial charge in [-0.15, -0.1) is 5.10 Å².